The first-order valence-electron chi connectivity index (χ1n) is 9.54. The highest BCUT2D eigenvalue weighted by atomic mass is 32.2. The van der Waals surface area contributed by atoms with Gasteiger partial charge in [-0.05, 0) is 61.2 Å². The zero-order valence-electron chi connectivity index (χ0n) is 16.1. The first kappa shape index (κ1) is 19.2. The lowest BCUT2D eigenvalue weighted by Crippen LogP contribution is -2.35. The van der Waals surface area contributed by atoms with Crippen molar-refractivity contribution < 1.29 is 13.2 Å². The van der Waals surface area contributed by atoms with Crippen LogP contribution in [-0.4, -0.2) is 20.9 Å². The Hall–Kier alpha value is -3.12. The molecule has 0 bridgehead atoms. The standard InChI is InChI=1S/C23H22N2O3S/c1-17-13-14-19(16-22(17)29(27,28)24-20-10-3-2-4-11-20)23(26)25-15-7-9-18-8-5-6-12-21(18)25/h2-6,8,10-14,16,24H,7,9,15H2,1H3. The topological polar surface area (TPSA) is 66.5 Å². The fraction of sp³-hybridized carbons (Fsp3) is 0.174. The van der Waals surface area contributed by atoms with Crippen molar-refractivity contribution in [3.63, 3.8) is 0 Å². The SMILES string of the molecule is Cc1ccc(C(=O)N2CCCc3ccccc32)cc1S(=O)(=O)Nc1ccccc1. The Morgan fingerprint density at radius 1 is 0.966 bits per heavy atom. The molecule has 0 saturated carbocycles. The zero-order valence-corrected chi connectivity index (χ0v) is 16.9. The smallest absolute Gasteiger partial charge is 0.262 e. The number of carbonyl (C=O) groups is 1. The summed E-state index contributed by atoms with van der Waals surface area (Å²) >= 11 is 0. The van der Waals surface area contributed by atoms with Crippen molar-refractivity contribution in [1.29, 1.82) is 0 Å². The van der Waals surface area contributed by atoms with Crippen LogP contribution in [0.2, 0.25) is 0 Å². The number of amides is 1. The van der Waals surface area contributed by atoms with Gasteiger partial charge < -0.3 is 4.90 Å². The van der Waals surface area contributed by atoms with Gasteiger partial charge >= 0.3 is 0 Å². The predicted molar refractivity (Wildman–Crippen MR) is 115 cm³/mol. The Morgan fingerprint density at radius 2 is 1.69 bits per heavy atom. The molecule has 0 aliphatic carbocycles. The highest BCUT2D eigenvalue weighted by molar-refractivity contribution is 7.92. The second-order valence-electron chi connectivity index (χ2n) is 7.14. The minimum Gasteiger partial charge on any atom is -0.308 e. The second kappa shape index (κ2) is 7.72. The van der Waals surface area contributed by atoms with Gasteiger partial charge in [0, 0.05) is 23.5 Å². The van der Waals surface area contributed by atoms with E-state index in [1.165, 1.54) is 6.07 Å². The van der Waals surface area contributed by atoms with Crippen LogP contribution in [0.1, 0.15) is 27.9 Å². The summed E-state index contributed by atoms with van der Waals surface area (Å²) in [5, 5.41) is 0. The van der Waals surface area contributed by atoms with E-state index in [0.717, 1.165) is 24.1 Å². The van der Waals surface area contributed by atoms with E-state index in [9.17, 15) is 13.2 Å². The van der Waals surface area contributed by atoms with Crippen LogP contribution >= 0.6 is 0 Å². The van der Waals surface area contributed by atoms with Crippen LogP contribution < -0.4 is 9.62 Å². The molecule has 0 saturated heterocycles. The lowest BCUT2D eigenvalue weighted by molar-refractivity contribution is 0.0985. The molecule has 6 heteroatoms. The number of benzene rings is 3. The van der Waals surface area contributed by atoms with Gasteiger partial charge in [-0.15, -0.1) is 0 Å². The quantitative estimate of drug-likeness (QED) is 0.699. The van der Waals surface area contributed by atoms with Crippen molar-refractivity contribution in [2.24, 2.45) is 0 Å². The van der Waals surface area contributed by atoms with E-state index in [4.69, 9.17) is 0 Å². The van der Waals surface area contributed by atoms with Crippen LogP contribution in [-0.2, 0) is 16.4 Å². The zero-order chi connectivity index (χ0) is 20.4. The van der Waals surface area contributed by atoms with E-state index in [1.54, 1.807) is 48.2 Å². The van der Waals surface area contributed by atoms with Crippen molar-refractivity contribution in [2.75, 3.05) is 16.2 Å². The number of hydrogen-bond donors (Lipinski definition) is 1. The number of sulfonamides is 1. The van der Waals surface area contributed by atoms with Gasteiger partial charge in [0.25, 0.3) is 15.9 Å². The van der Waals surface area contributed by atoms with E-state index in [1.807, 2.05) is 30.3 Å². The summed E-state index contributed by atoms with van der Waals surface area (Å²) in [5.74, 6) is -0.187. The predicted octanol–water partition coefficient (Wildman–Crippen LogP) is 4.39. The first-order valence-corrected chi connectivity index (χ1v) is 11.0. The minimum absolute atomic E-state index is 0.109. The Labute approximate surface area is 171 Å². The van der Waals surface area contributed by atoms with Crippen molar-refractivity contribution in [2.45, 2.75) is 24.7 Å². The molecular weight excluding hydrogens is 384 g/mol. The van der Waals surface area contributed by atoms with Gasteiger partial charge in [0.15, 0.2) is 0 Å². The van der Waals surface area contributed by atoms with Gasteiger partial charge in [-0.2, -0.15) is 0 Å². The number of aryl methyl sites for hydroxylation is 2. The molecule has 4 rings (SSSR count). The summed E-state index contributed by atoms with van der Waals surface area (Å²) in [7, 11) is -3.81. The summed E-state index contributed by atoms with van der Waals surface area (Å²) in [5.41, 5.74) is 3.47. The third-order valence-corrected chi connectivity index (χ3v) is 6.63. The van der Waals surface area contributed by atoms with Crippen molar-refractivity contribution in [3.8, 4) is 0 Å². The monoisotopic (exact) mass is 406 g/mol. The summed E-state index contributed by atoms with van der Waals surface area (Å²) in [6.45, 7) is 2.35. The molecule has 1 N–H and O–H groups in total. The Morgan fingerprint density at radius 3 is 2.48 bits per heavy atom. The number of anilines is 2. The Bertz CT molecular complexity index is 1160. The van der Waals surface area contributed by atoms with Crippen LogP contribution in [0, 0.1) is 6.92 Å². The van der Waals surface area contributed by atoms with Crippen LogP contribution in [0.5, 0.6) is 0 Å². The normalized spacial score (nSPS) is 13.6. The van der Waals surface area contributed by atoms with Crippen LogP contribution in [0.3, 0.4) is 0 Å². The fourth-order valence-corrected chi connectivity index (χ4v) is 4.97. The number of nitrogens with zero attached hydrogens (tertiary/aromatic N) is 1. The number of para-hydroxylation sites is 2. The molecule has 5 nitrogen and oxygen atoms in total. The number of fused-ring (bicyclic) bond motifs is 1. The molecule has 1 aliphatic rings. The molecule has 0 aromatic heterocycles. The molecule has 0 spiro atoms. The van der Waals surface area contributed by atoms with Gasteiger partial charge in [0.2, 0.25) is 0 Å². The summed E-state index contributed by atoms with van der Waals surface area (Å²) in [4.78, 5) is 15.1. The van der Waals surface area contributed by atoms with E-state index < -0.39 is 10.0 Å². The van der Waals surface area contributed by atoms with Crippen LogP contribution in [0.15, 0.2) is 77.7 Å². The van der Waals surface area contributed by atoms with Crippen LogP contribution in [0.25, 0.3) is 0 Å². The maximum Gasteiger partial charge on any atom is 0.262 e. The third-order valence-electron chi connectivity index (χ3n) is 5.11. The van der Waals surface area contributed by atoms with Gasteiger partial charge in [-0.3, -0.25) is 9.52 Å². The molecule has 1 aliphatic heterocycles. The van der Waals surface area contributed by atoms with Crippen molar-refractivity contribution in [3.05, 3.63) is 89.5 Å². The molecular formula is C23H22N2O3S. The van der Waals surface area contributed by atoms with Gasteiger partial charge in [-0.1, -0.05) is 42.5 Å². The number of nitrogens with one attached hydrogen (secondary N) is 1. The largest absolute Gasteiger partial charge is 0.308 e. The van der Waals surface area contributed by atoms with Gasteiger partial charge in [-0.25, -0.2) is 8.42 Å². The van der Waals surface area contributed by atoms with E-state index >= 15 is 0 Å². The minimum atomic E-state index is -3.81. The van der Waals surface area contributed by atoms with E-state index in [-0.39, 0.29) is 10.8 Å². The molecule has 0 atom stereocenters. The molecule has 3 aromatic rings. The Kier molecular flexibility index (Phi) is 5.11. The lowest BCUT2D eigenvalue weighted by atomic mass is 10.0. The average molecular weight is 407 g/mol. The molecule has 1 amide bonds. The molecule has 0 radical (unpaired) electrons. The Balaban J connectivity index is 1.68. The summed E-state index contributed by atoms with van der Waals surface area (Å²) in [6, 6.07) is 21.4. The first-order chi connectivity index (χ1) is 14.0. The van der Waals surface area contributed by atoms with Crippen molar-refractivity contribution in [1.82, 2.24) is 0 Å². The van der Waals surface area contributed by atoms with Gasteiger partial charge in [0.05, 0.1) is 4.90 Å². The van der Waals surface area contributed by atoms with E-state index in [0.29, 0.717) is 23.4 Å². The second-order valence-corrected chi connectivity index (χ2v) is 8.79. The van der Waals surface area contributed by atoms with Gasteiger partial charge in [0.1, 0.15) is 0 Å². The number of rotatable bonds is 4. The maximum absolute atomic E-state index is 13.2. The molecule has 0 unspecified atom stereocenters. The van der Waals surface area contributed by atoms with Crippen LogP contribution in [0.4, 0.5) is 11.4 Å². The number of hydrogen-bond acceptors (Lipinski definition) is 3. The third kappa shape index (κ3) is 3.89. The molecule has 1 heterocycles. The lowest BCUT2D eigenvalue weighted by Gasteiger charge is -2.29. The highest BCUT2D eigenvalue weighted by Gasteiger charge is 2.25. The summed E-state index contributed by atoms with van der Waals surface area (Å²) in [6.07, 6.45) is 1.82. The van der Waals surface area contributed by atoms with E-state index in [2.05, 4.69) is 4.72 Å². The molecule has 0 fully saturated rings. The number of carbonyl (C=O) groups excluding carboxylic acids is 1. The average Bonchev–Trinajstić information content (AvgIpc) is 2.73. The molecule has 3 aromatic carbocycles. The summed E-state index contributed by atoms with van der Waals surface area (Å²) < 4.78 is 28.5. The molecule has 148 valence electrons. The maximum atomic E-state index is 13.2. The molecule has 29 heavy (non-hydrogen) atoms. The highest BCUT2D eigenvalue weighted by Crippen LogP contribution is 2.29. The fourth-order valence-electron chi connectivity index (χ4n) is 3.64. The van der Waals surface area contributed by atoms with Crippen molar-refractivity contribution >= 4 is 27.3 Å².